The van der Waals surface area contributed by atoms with E-state index in [9.17, 15) is 4.39 Å². The van der Waals surface area contributed by atoms with Crippen LogP contribution in [0.1, 0.15) is 6.42 Å². The number of ether oxygens (including phenoxy) is 1. The molecule has 15 heavy (non-hydrogen) atoms. The first kappa shape index (κ1) is 10.7. The van der Waals surface area contributed by atoms with E-state index in [1.54, 1.807) is 6.07 Å². The van der Waals surface area contributed by atoms with Gasteiger partial charge in [0, 0.05) is 6.61 Å². The number of hydrogen-bond acceptors (Lipinski definition) is 2. The number of para-hydroxylation sites is 1. The highest BCUT2D eigenvalue weighted by atomic mass is 35.5. The Balaban J connectivity index is 2.04. The van der Waals surface area contributed by atoms with E-state index in [4.69, 9.17) is 16.3 Å². The number of rotatable bonds is 2. The molecule has 0 bridgehead atoms. The molecule has 1 N–H and O–H groups in total. The average Bonchev–Trinajstić information content (AvgIpc) is 2.24. The molecule has 2 atom stereocenters. The summed E-state index contributed by atoms with van der Waals surface area (Å²) in [6, 6.07) is 7.07. The molecule has 1 saturated heterocycles. The lowest BCUT2D eigenvalue weighted by molar-refractivity contribution is 0.0847. The van der Waals surface area contributed by atoms with Crippen molar-refractivity contribution >= 4 is 17.3 Å². The van der Waals surface area contributed by atoms with Crippen molar-refractivity contribution in [2.45, 2.75) is 18.6 Å². The van der Waals surface area contributed by atoms with Crippen LogP contribution in [-0.2, 0) is 4.74 Å². The summed E-state index contributed by atoms with van der Waals surface area (Å²) in [7, 11) is 0. The maximum atomic E-state index is 13.4. The maximum Gasteiger partial charge on any atom is 0.149 e. The van der Waals surface area contributed by atoms with E-state index in [0.29, 0.717) is 18.1 Å². The minimum atomic E-state index is -1.09. The van der Waals surface area contributed by atoms with E-state index in [0.717, 1.165) is 5.69 Å². The van der Waals surface area contributed by atoms with Gasteiger partial charge in [-0.15, -0.1) is 0 Å². The van der Waals surface area contributed by atoms with Crippen LogP contribution in [0.3, 0.4) is 0 Å². The lowest BCUT2D eigenvalue weighted by Crippen LogP contribution is -2.36. The Morgan fingerprint density at radius 1 is 1.40 bits per heavy atom. The zero-order valence-corrected chi connectivity index (χ0v) is 8.88. The largest absolute Gasteiger partial charge is 0.378 e. The molecule has 1 aromatic carbocycles. The van der Waals surface area contributed by atoms with E-state index in [1.807, 2.05) is 18.2 Å². The first-order valence-electron chi connectivity index (χ1n) is 4.87. The standard InChI is InChI=1S/C11H12ClFNO/c12-8-3-1-2-4-10(8)14-11-5-6-15-7-9(11)13/h1-4,7,9,11,14H,5-6H2. The molecule has 0 saturated carbocycles. The van der Waals surface area contributed by atoms with Crippen LogP contribution in [0.2, 0.25) is 5.02 Å². The molecule has 0 aliphatic carbocycles. The summed E-state index contributed by atoms with van der Waals surface area (Å²) < 4.78 is 18.3. The third kappa shape index (κ3) is 2.61. The van der Waals surface area contributed by atoms with Gasteiger partial charge >= 0.3 is 0 Å². The van der Waals surface area contributed by atoms with Crippen LogP contribution in [0.25, 0.3) is 0 Å². The predicted molar refractivity (Wildman–Crippen MR) is 58.6 cm³/mol. The summed E-state index contributed by atoms with van der Waals surface area (Å²) in [5.74, 6) is 0. The summed E-state index contributed by atoms with van der Waals surface area (Å²) in [6.45, 7) is 1.78. The van der Waals surface area contributed by atoms with Gasteiger partial charge in [-0.3, -0.25) is 0 Å². The molecule has 1 fully saturated rings. The zero-order valence-electron chi connectivity index (χ0n) is 8.12. The number of halogens is 2. The van der Waals surface area contributed by atoms with Crippen molar-refractivity contribution in [3.63, 3.8) is 0 Å². The summed E-state index contributed by atoms with van der Waals surface area (Å²) in [5.41, 5.74) is 0.766. The van der Waals surface area contributed by atoms with E-state index in [-0.39, 0.29) is 6.04 Å². The number of hydrogen-bond donors (Lipinski definition) is 1. The fourth-order valence-electron chi connectivity index (χ4n) is 1.54. The normalized spacial score (nSPS) is 26.3. The van der Waals surface area contributed by atoms with Gasteiger partial charge in [0.25, 0.3) is 0 Å². The number of anilines is 1. The summed E-state index contributed by atoms with van der Waals surface area (Å²) >= 11 is 5.96. The topological polar surface area (TPSA) is 21.3 Å². The lowest BCUT2D eigenvalue weighted by Gasteiger charge is -2.27. The molecule has 4 heteroatoms. The lowest BCUT2D eigenvalue weighted by atomic mass is 10.1. The number of nitrogens with one attached hydrogen (secondary N) is 1. The molecule has 2 nitrogen and oxygen atoms in total. The minimum Gasteiger partial charge on any atom is -0.378 e. The highest BCUT2D eigenvalue weighted by Gasteiger charge is 2.26. The molecule has 1 aliphatic heterocycles. The molecule has 0 spiro atoms. The highest BCUT2D eigenvalue weighted by Crippen LogP contribution is 2.25. The maximum absolute atomic E-state index is 13.4. The van der Waals surface area contributed by atoms with E-state index >= 15 is 0 Å². The second kappa shape index (κ2) is 4.81. The fraction of sp³-hybridized carbons (Fsp3) is 0.364. The summed E-state index contributed by atoms with van der Waals surface area (Å²) in [5, 5.41) is 3.69. The molecular weight excluding hydrogens is 217 g/mol. The fourth-order valence-corrected chi connectivity index (χ4v) is 1.73. The molecule has 2 unspecified atom stereocenters. The van der Waals surface area contributed by atoms with Gasteiger partial charge in [-0.05, 0) is 18.6 Å². The average molecular weight is 229 g/mol. The van der Waals surface area contributed by atoms with E-state index in [1.165, 1.54) is 6.61 Å². The first-order valence-corrected chi connectivity index (χ1v) is 5.25. The van der Waals surface area contributed by atoms with Crippen LogP contribution < -0.4 is 5.32 Å². The van der Waals surface area contributed by atoms with Gasteiger partial charge < -0.3 is 10.1 Å². The predicted octanol–water partition coefficient (Wildman–Crippen LogP) is 3.04. The zero-order chi connectivity index (χ0) is 10.7. The van der Waals surface area contributed by atoms with Crippen molar-refractivity contribution in [2.24, 2.45) is 0 Å². The molecule has 0 aromatic heterocycles. The Morgan fingerprint density at radius 3 is 2.93 bits per heavy atom. The first-order chi connectivity index (χ1) is 7.27. The summed E-state index contributed by atoms with van der Waals surface area (Å²) in [4.78, 5) is 0. The van der Waals surface area contributed by atoms with Gasteiger partial charge in [-0.25, -0.2) is 4.39 Å². The Labute approximate surface area is 93.4 Å². The summed E-state index contributed by atoms with van der Waals surface area (Å²) in [6.07, 6.45) is -0.446. The third-order valence-corrected chi connectivity index (χ3v) is 2.70. The Kier molecular flexibility index (Phi) is 3.44. The van der Waals surface area contributed by atoms with Crippen molar-refractivity contribution < 1.29 is 9.13 Å². The Morgan fingerprint density at radius 2 is 2.20 bits per heavy atom. The van der Waals surface area contributed by atoms with Crippen molar-refractivity contribution in [1.82, 2.24) is 0 Å². The molecule has 1 aliphatic rings. The van der Waals surface area contributed by atoms with E-state index < -0.39 is 6.17 Å². The second-order valence-corrected chi connectivity index (χ2v) is 3.88. The van der Waals surface area contributed by atoms with Crippen LogP contribution in [0, 0.1) is 6.61 Å². The third-order valence-electron chi connectivity index (χ3n) is 2.37. The minimum absolute atomic E-state index is 0.251. The molecule has 1 aromatic rings. The van der Waals surface area contributed by atoms with Crippen molar-refractivity contribution in [2.75, 3.05) is 11.9 Å². The van der Waals surface area contributed by atoms with Crippen LogP contribution in [0.4, 0.5) is 10.1 Å². The van der Waals surface area contributed by atoms with Gasteiger partial charge in [0.05, 0.1) is 16.8 Å². The monoisotopic (exact) mass is 228 g/mol. The number of benzene rings is 1. The van der Waals surface area contributed by atoms with Crippen LogP contribution >= 0.6 is 11.6 Å². The Bertz CT molecular complexity index is 334. The van der Waals surface area contributed by atoms with E-state index in [2.05, 4.69) is 5.32 Å². The smallest absolute Gasteiger partial charge is 0.149 e. The quantitative estimate of drug-likeness (QED) is 0.840. The molecular formula is C11H12ClFNO. The molecule has 1 radical (unpaired) electrons. The molecule has 2 rings (SSSR count). The SMILES string of the molecule is FC1[CH]OCCC1Nc1ccccc1Cl. The van der Waals surface area contributed by atoms with Crippen LogP contribution in [-0.4, -0.2) is 18.8 Å². The second-order valence-electron chi connectivity index (χ2n) is 3.47. The van der Waals surface area contributed by atoms with Gasteiger partial charge in [0.15, 0.2) is 0 Å². The molecule has 1 heterocycles. The number of alkyl halides is 1. The highest BCUT2D eigenvalue weighted by molar-refractivity contribution is 6.33. The van der Waals surface area contributed by atoms with Gasteiger partial charge in [-0.1, -0.05) is 23.7 Å². The van der Waals surface area contributed by atoms with Gasteiger partial charge in [-0.2, -0.15) is 0 Å². The van der Waals surface area contributed by atoms with Gasteiger partial charge in [0.1, 0.15) is 12.8 Å². The Hall–Kier alpha value is -0.800. The van der Waals surface area contributed by atoms with Crippen LogP contribution in [0.5, 0.6) is 0 Å². The van der Waals surface area contributed by atoms with Crippen molar-refractivity contribution in [3.05, 3.63) is 35.9 Å². The van der Waals surface area contributed by atoms with Gasteiger partial charge in [0.2, 0.25) is 0 Å². The van der Waals surface area contributed by atoms with Crippen molar-refractivity contribution in [3.8, 4) is 0 Å². The molecule has 81 valence electrons. The molecule has 0 amide bonds. The van der Waals surface area contributed by atoms with Crippen molar-refractivity contribution in [1.29, 1.82) is 0 Å². The van der Waals surface area contributed by atoms with Crippen LogP contribution in [0.15, 0.2) is 24.3 Å².